The number of aryl methyl sites for hydroxylation is 2. The molecule has 2 aliphatic heterocycles. The van der Waals surface area contributed by atoms with Crippen LogP contribution < -0.4 is 0 Å². The molecule has 0 N–H and O–H groups in total. The van der Waals surface area contributed by atoms with Crippen molar-refractivity contribution in [2.24, 2.45) is 4.99 Å². The molecule has 1 fully saturated rings. The van der Waals surface area contributed by atoms with Gasteiger partial charge in [0.25, 0.3) is 0 Å². The van der Waals surface area contributed by atoms with Crippen LogP contribution in [0.4, 0.5) is 0 Å². The van der Waals surface area contributed by atoms with Gasteiger partial charge in [0.1, 0.15) is 6.04 Å². The third-order valence-corrected chi connectivity index (χ3v) is 6.84. The molecule has 0 radical (unpaired) electrons. The fourth-order valence-corrected chi connectivity index (χ4v) is 5.28. The third kappa shape index (κ3) is 2.85. The second-order valence-electron chi connectivity index (χ2n) is 7.71. The van der Waals surface area contributed by atoms with Crippen molar-refractivity contribution < 1.29 is 0 Å². The lowest BCUT2D eigenvalue weighted by atomic mass is 10.0. The number of nitrogens with zero attached hydrogens (tertiary/aromatic N) is 4. The third-order valence-electron chi connectivity index (χ3n) is 5.73. The molecule has 4 heterocycles. The highest BCUT2D eigenvalue weighted by Gasteiger charge is 2.44. The molecule has 28 heavy (non-hydrogen) atoms. The molecule has 2 aromatic heterocycles. The first kappa shape index (κ1) is 17.6. The van der Waals surface area contributed by atoms with Gasteiger partial charge < -0.3 is 9.47 Å². The number of hydrogen-bond acceptors (Lipinski definition) is 4. The van der Waals surface area contributed by atoms with E-state index in [0.29, 0.717) is 5.25 Å². The van der Waals surface area contributed by atoms with Crippen LogP contribution in [0.25, 0.3) is 5.69 Å². The Morgan fingerprint density at radius 3 is 2.71 bits per heavy atom. The minimum Gasteiger partial charge on any atom is -0.339 e. The predicted octanol–water partition coefficient (Wildman–Crippen LogP) is 5.08. The molecule has 5 heteroatoms. The normalized spacial score (nSPS) is 23.8. The standard InChI is InChI=1S/C23H24N4S/c1-15-9-10-18(13-16(15)2)26-12-6-8-20(26)22-21(19-7-4-5-11-24-19)25-23-27(22)14-17(3)28-23/h4-13,17,21-22H,14H2,1-3H3. The van der Waals surface area contributed by atoms with E-state index in [1.165, 1.54) is 22.5 Å². The molecule has 0 amide bonds. The van der Waals surface area contributed by atoms with Gasteiger partial charge in [0.2, 0.25) is 0 Å². The summed E-state index contributed by atoms with van der Waals surface area (Å²) in [5, 5.41) is 1.72. The van der Waals surface area contributed by atoms with Crippen molar-refractivity contribution in [2.75, 3.05) is 6.54 Å². The van der Waals surface area contributed by atoms with Crippen LogP contribution in [0.15, 0.2) is 65.9 Å². The Morgan fingerprint density at radius 1 is 1.04 bits per heavy atom. The summed E-state index contributed by atoms with van der Waals surface area (Å²) in [4.78, 5) is 12.2. The Labute approximate surface area is 170 Å². The molecule has 1 aromatic carbocycles. The lowest BCUT2D eigenvalue weighted by molar-refractivity contribution is 0.312. The maximum Gasteiger partial charge on any atom is 0.160 e. The zero-order valence-corrected chi connectivity index (χ0v) is 17.2. The summed E-state index contributed by atoms with van der Waals surface area (Å²) >= 11 is 1.88. The van der Waals surface area contributed by atoms with Crippen LogP contribution in [-0.4, -0.2) is 31.4 Å². The molecule has 0 spiro atoms. The highest BCUT2D eigenvalue weighted by atomic mass is 32.2. The Bertz CT molecular complexity index is 1040. The number of thioether (sulfide) groups is 1. The average molecular weight is 389 g/mol. The van der Waals surface area contributed by atoms with E-state index in [9.17, 15) is 0 Å². The molecular formula is C23H24N4S. The van der Waals surface area contributed by atoms with Gasteiger partial charge in [0.05, 0.1) is 11.7 Å². The van der Waals surface area contributed by atoms with Crippen molar-refractivity contribution in [1.29, 1.82) is 0 Å². The summed E-state index contributed by atoms with van der Waals surface area (Å²) < 4.78 is 2.32. The van der Waals surface area contributed by atoms with Gasteiger partial charge in [-0.1, -0.05) is 30.8 Å². The molecule has 0 saturated carbocycles. The maximum atomic E-state index is 5.10. The second-order valence-corrected chi connectivity index (χ2v) is 9.11. The fraction of sp³-hybridized carbons (Fsp3) is 0.304. The zero-order valence-electron chi connectivity index (χ0n) is 16.4. The number of hydrogen-bond donors (Lipinski definition) is 0. The molecule has 1 saturated heterocycles. The van der Waals surface area contributed by atoms with E-state index in [0.717, 1.165) is 17.4 Å². The number of amidine groups is 1. The van der Waals surface area contributed by atoms with Gasteiger partial charge in [-0.2, -0.15) is 0 Å². The summed E-state index contributed by atoms with van der Waals surface area (Å²) in [6.07, 6.45) is 4.04. The van der Waals surface area contributed by atoms with Crippen molar-refractivity contribution in [3.8, 4) is 5.69 Å². The van der Waals surface area contributed by atoms with Gasteiger partial charge in [-0.3, -0.25) is 9.98 Å². The van der Waals surface area contributed by atoms with E-state index < -0.39 is 0 Å². The first-order valence-electron chi connectivity index (χ1n) is 9.79. The van der Waals surface area contributed by atoms with E-state index >= 15 is 0 Å². The lowest BCUT2D eigenvalue weighted by Gasteiger charge is -2.28. The molecule has 142 valence electrons. The van der Waals surface area contributed by atoms with Crippen LogP contribution in [0.2, 0.25) is 0 Å². The van der Waals surface area contributed by atoms with Crippen molar-refractivity contribution in [2.45, 2.75) is 38.1 Å². The Balaban J connectivity index is 1.61. The van der Waals surface area contributed by atoms with Gasteiger partial charge in [-0.25, -0.2) is 0 Å². The first-order valence-corrected chi connectivity index (χ1v) is 10.7. The van der Waals surface area contributed by atoms with Gasteiger partial charge >= 0.3 is 0 Å². The second kappa shape index (κ2) is 6.82. The van der Waals surface area contributed by atoms with E-state index in [4.69, 9.17) is 4.99 Å². The summed E-state index contributed by atoms with van der Waals surface area (Å²) in [5.74, 6) is 0. The van der Waals surface area contributed by atoms with E-state index in [1.54, 1.807) is 0 Å². The van der Waals surface area contributed by atoms with E-state index in [-0.39, 0.29) is 12.1 Å². The van der Waals surface area contributed by atoms with Crippen molar-refractivity contribution in [1.82, 2.24) is 14.5 Å². The summed E-state index contributed by atoms with van der Waals surface area (Å²) in [5.41, 5.74) is 6.14. The van der Waals surface area contributed by atoms with E-state index in [1.807, 2.05) is 24.0 Å². The van der Waals surface area contributed by atoms with Gasteiger partial charge in [-0.15, -0.1) is 0 Å². The largest absolute Gasteiger partial charge is 0.339 e. The molecule has 3 unspecified atom stereocenters. The average Bonchev–Trinajstić information content (AvgIpc) is 3.38. The van der Waals surface area contributed by atoms with Crippen LogP contribution in [0, 0.1) is 13.8 Å². The number of aromatic nitrogens is 2. The number of benzene rings is 1. The Morgan fingerprint density at radius 2 is 1.93 bits per heavy atom. The topological polar surface area (TPSA) is 33.4 Å². The number of pyridine rings is 1. The summed E-state index contributed by atoms with van der Waals surface area (Å²) in [6, 6.07) is 17.4. The Kier molecular flexibility index (Phi) is 4.27. The number of fused-ring (bicyclic) bond motifs is 1. The molecule has 4 nitrogen and oxygen atoms in total. The van der Waals surface area contributed by atoms with Crippen LogP contribution >= 0.6 is 11.8 Å². The highest BCUT2D eigenvalue weighted by Crippen LogP contribution is 2.47. The Hall–Kier alpha value is -2.53. The number of aliphatic imine (C=N–C) groups is 1. The van der Waals surface area contributed by atoms with Crippen LogP contribution in [0.5, 0.6) is 0 Å². The van der Waals surface area contributed by atoms with Crippen LogP contribution in [0.3, 0.4) is 0 Å². The summed E-state index contributed by atoms with van der Waals surface area (Å²) in [7, 11) is 0. The quantitative estimate of drug-likeness (QED) is 0.627. The molecule has 3 atom stereocenters. The summed E-state index contributed by atoms with van der Waals surface area (Å²) in [6.45, 7) is 7.64. The SMILES string of the molecule is Cc1ccc(-n2cccc2C2C(c3ccccn3)N=C3SC(C)CN32)cc1C. The molecule has 0 bridgehead atoms. The van der Waals surface area contributed by atoms with Crippen molar-refractivity contribution >= 4 is 16.9 Å². The fourth-order valence-electron chi connectivity index (χ4n) is 4.18. The smallest absolute Gasteiger partial charge is 0.160 e. The molecule has 0 aliphatic carbocycles. The highest BCUT2D eigenvalue weighted by molar-refractivity contribution is 8.14. The van der Waals surface area contributed by atoms with Crippen LogP contribution in [0.1, 0.15) is 41.5 Å². The minimum atomic E-state index is 0.0244. The molecule has 5 rings (SSSR count). The monoisotopic (exact) mass is 388 g/mol. The first-order chi connectivity index (χ1) is 13.6. The van der Waals surface area contributed by atoms with Crippen molar-refractivity contribution in [3.05, 3.63) is 83.4 Å². The molecule has 2 aliphatic rings. The molecule has 3 aromatic rings. The van der Waals surface area contributed by atoms with Gasteiger partial charge in [0.15, 0.2) is 5.17 Å². The lowest BCUT2D eigenvalue weighted by Crippen LogP contribution is -2.30. The molecular weight excluding hydrogens is 364 g/mol. The number of rotatable bonds is 3. The maximum absolute atomic E-state index is 5.10. The predicted molar refractivity (Wildman–Crippen MR) is 116 cm³/mol. The zero-order chi connectivity index (χ0) is 19.3. The van der Waals surface area contributed by atoms with E-state index in [2.05, 4.69) is 83.9 Å². The van der Waals surface area contributed by atoms with Gasteiger partial charge in [-0.05, 0) is 61.4 Å². The minimum absolute atomic E-state index is 0.0244. The van der Waals surface area contributed by atoms with Crippen LogP contribution in [-0.2, 0) is 0 Å². The van der Waals surface area contributed by atoms with Gasteiger partial charge in [0, 0.05) is 35.6 Å². The van der Waals surface area contributed by atoms with Crippen molar-refractivity contribution in [3.63, 3.8) is 0 Å².